The van der Waals surface area contributed by atoms with Crippen molar-refractivity contribution >= 4 is 11.8 Å². The van der Waals surface area contributed by atoms with Crippen LogP contribution in [0.2, 0.25) is 0 Å². The summed E-state index contributed by atoms with van der Waals surface area (Å²) in [6, 6.07) is 6.86. The third kappa shape index (κ3) is 3.29. The van der Waals surface area contributed by atoms with Crippen LogP contribution < -0.4 is 0 Å². The first-order chi connectivity index (χ1) is 10.0. The van der Waals surface area contributed by atoms with Crippen LogP contribution >= 0.6 is 0 Å². The maximum absolute atomic E-state index is 12.4. The van der Waals surface area contributed by atoms with E-state index in [0.29, 0.717) is 5.56 Å². The van der Waals surface area contributed by atoms with Crippen molar-refractivity contribution in [3.05, 3.63) is 58.7 Å². The summed E-state index contributed by atoms with van der Waals surface area (Å²) in [5.74, 6) is -1.48. The number of ether oxygens (including phenoxy) is 1. The molecule has 0 radical (unpaired) electrons. The maximum Gasteiger partial charge on any atom is 0.355 e. The zero-order valence-corrected chi connectivity index (χ0v) is 11.7. The van der Waals surface area contributed by atoms with Crippen molar-refractivity contribution in [2.45, 2.75) is 13.5 Å². The van der Waals surface area contributed by atoms with Crippen LogP contribution in [0.5, 0.6) is 0 Å². The Morgan fingerprint density at radius 1 is 1.24 bits per heavy atom. The van der Waals surface area contributed by atoms with E-state index < -0.39 is 11.8 Å². The lowest BCUT2D eigenvalue weighted by atomic mass is 10.0. The second kappa shape index (κ2) is 6.23. The van der Waals surface area contributed by atoms with Crippen LogP contribution in [0, 0.1) is 6.92 Å². The molecule has 1 N–H and O–H groups in total. The number of methoxy groups -OCH3 is 1. The van der Waals surface area contributed by atoms with Gasteiger partial charge in [0.25, 0.3) is 0 Å². The monoisotopic (exact) mass is 286 g/mol. The topological polar surface area (TPSA) is 89.4 Å². The molecule has 0 atom stereocenters. The van der Waals surface area contributed by atoms with Crippen molar-refractivity contribution < 1.29 is 19.4 Å². The minimum Gasteiger partial charge on any atom is -0.476 e. The summed E-state index contributed by atoms with van der Waals surface area (Å²) in [6.45, 7) is 1.98. The van der Waals surface area contributed by atoms with E-state index in [2.05, 4.69) is 9.97 Å². The van der Waals surface area contributed by atoms with Crippen LogP contribution in [0.25, 0.3) is 0 Å². The van der Waals surface area contributed by atoms with Gasteiger partial charge in [-0.1, -0.05) is 29.8 Å². The number of nitrogens with zero attached hydrogens (tertiary/aromatic N) is 2. The smallest absolute Gasteiger partial charge is 0.355 e. The van der Waals surface area contributed by atoms with Crippen LogP contribution in [0.3, 0.4) is 0 Å². The highest BCUT2D eigenvalue weighted by atomic mass is 16.5. The number of benzene rings is 1. The van der Waals surface area contributed by atoms with Crippen molar-refractivity contribution in [1.82, 2.24) is 9.97 Å². The van der Waals surface area contributed by atoms with E-state index in [1.807, 2.05) is 6.92 Å². The highest BCUT2D eigenvalue weighted by Gasteiger charge is 2.21. The minimum absolute atomic E-state index is 0.0359. The Labute approximate surface area is 121 Å². The molecule has 0 saturated carbocycles. The van der Waals surface area contributed by atoms with Gasteiger partial charge in [-0.15, -0.1) is 0 Å². The number of aromatic carboxylic acids is 1. The van der Waals surface area contributed by atoms with Gasteiger partial charge < -0.3 is 9.84 Å². The molecule has 6 heteroatoms. The fourth-order valence-corrected chi connectivity index (χ4v) is 1.81. The average molecular weight is 286 g/mol. The van der Waals surface area contributed by atoms with Gasteiger partial charge >= 0.3 is 5.97 Å². The van der Waals surface area contributed by atoms with Gasteiger partial charge in [-0.2, -0.15) is 0 Å². The first-order valence-electron chi connectivity index (χ1n) is 6.22. The molecule has 1 aromatic carbocycles. The molecule has 0 aliphatic heterocycles. The standard InChI is InChI=1S/C15H14N2O4/c1-9-3-5-10(6-4-9)14(18)11-7-16-12(8-21-2)17-13(11)15(19)20/h3-7H,8H2,1-2H3,(H,19,20). The quantitative estimate of drug-likeness (QED) is 0.844. The molecular weight excluding hydrogens is 272 g/mol. The molecule has 0 bridgehead atoms. The molecule has 108 valence electrons. The number of carbonyl (C=O) groups is 2. The normalized spacial score (nSPS) is 10.4. The van der Waals surface area contributed by atoms with Gasteiger partial charge in [-0.25, -0.2) is 14.8 Å². The molecule has 0 fully saturated rings. The average Bonchev–Trinajstić information content (AvgIpc) is 2.47. The molecule has 1 aromatic heterocycles. The van der Waals surface area contributed by atoms with Crippen molar-refractivity contribution in [2.75, 3.05) is 7.11 Å². The van der Waals surface area contributed by atoms with Gasteiger partial charge in [-0.05, 0) is 6.92 Å². The zero-order valence-electron chi connectivity index (χ0n) is 11.7. The van der Waals surface area contributed by atoms with Gasteiger partial charge in [0.05, 0.1) is 5.56 Å². The Morgan fingerprint density at radius 2 is 1.90 bits per heavy atom. The van der Waals surface area contributed by atoms with Crippen LogP contribution in [0.15, 0.2) is 30.5 Å². The summed E-state index contributed by atoms with van der Waals surface area (Å²) in [6.07, 6.45) is 1.23. The number of ketones is 1. The maximum atomic E-state index is 12.4. The van der Waals surface area contributed by atoms with Gasteiger partial charge in [0.1, 0.15) is 6.61 Å². The van der Waals surface area contributed by atoms with E-state index in [1.165, 1.54) is 13.3 Å². The second-order valence-corrected chi connectivity index (χ2v) is 4.48. The molecule has 0 saturated heterocycles. The Hall–Kier alpha value is -2.60. The Morgan fingerprint density at radius 3 is 2.48 bits per heavy atom. The number of carbonyl (C=O) groups excluding carboxylic acids is 1. The minimum atomic E-state index is -1.27. The third-order valence-corrected chi connectivity index (χ3v) is 2.87. The van der Waals surface area contributed by atoms with Crippen molar-refractivity contribution in [3.8, 4) is 0 Å². The number of aryl methyl sites for hydroxylation is 1. The Bertz CT molecular complexity index is 681. The molecule has 1 heterocycles. The lowest BCUT2D eigenvalue weighted by Gasteiger charge is -2.06. The molecule has 0 spiro atoms. The molecular formula is C15H14N2O4. The summed E-state index contributed by atoms with van der Waals surface area (Å²) in [5.41, 5.74) is 1.05. The molecule has 0 amide bonds. The third-order valence-electron chi connectivity index (χ3n) is 2.87. The fourth-order valence-electron chi connectivity index (χ4n) is 1.81. The number of hydrogen-bond donors (Lipinski definition) is 1. The highest BCUT2D eigenvalue weighted by molar-refractivity contribution is 6.13. The van der Waals surface area contributed by atoms with Crippen LogP contribution in [0.4, 0.5) is 0 Å². The number of hydrogen-bond acceptors (Lipinski definition) is 5. The lowest BCUT2D eigenvalue weighted by molar-refractivity contribution is 0.0684. The Balaban J connectivity index is 2.44. The van der Waals surface area contributed by atoms with E-state index in [9.17, 15) is 14.7 Å². The number of carboxylic acid groups (broad SMARTS) is 1. The second-order valence-electron chi connectivity index (χ2n) is 4.48. The van der Waals surface area contributed by atoms with E-state index in [-0.39, 0.29) is 23.7 Å². The largest absolute Gasteiger partial charge is 0.476 e. The van der Waals surface area contributed by atoms with Crippen molar-refractivity contribution in [2.24, 2.45) is 0 Å². The van der Waals surface area contributed by atoms with Gasteiger partial charge in [-0.3, -0.25) is 4.79 Å². The number of carboxylic acids is 1. The van der Waals surface area contributed by atoms with Gasteiger partial charge in [0.15, 0.2) is 17.3 Å². The molecule has 0 aliphatic carbocycles. The van der Waals surface area contributed by atoms with E-state index >= 15 is 0 Å². The summed E-state index contributed by atoms with van der Waals surface area (Å²) in [5, 5.41) is 9.21. The Kier molecular flexibility index (Phi) is 4.39. The summed E-state index contributed by atoms with van der Waals surface area (Å²) < 4.78 is 4.86. The molecule has 21 heavy (non-hydrogen) atoms. The van der Waals surface area contributed by atoms with E-state index in [1.54, 1.807) is 24.3 Å². The van der Waals surface area contributed by atoms with E-state index in [4.69, 9.17) is 4.74 Å². The molecule has 0 aliphatic rings. The summed E-state index contributed by atoms with van der Waals surface area (Å²) in [4.78, 5) is 31.5. The highest BCUT2D eigenvalue weighted by Crippen LogP contribution is 2.14. The molecule has 2 aromatic rings. The number of rotatable bonds is 5. The predicted octanol–water partition coefficient (Wildman–Crippen LogP) is 1.86. The predicted molar refractivity (Wildman–Crippen MR) is 74.3 cm³/mol. The zero-order chi connectivity index (χ0) is 15.4. The van der Waals surface area contributed by atoms with Crippen LogP contribution in [-0.4, -0.2) is 33.9 Å². The fraction of sp³-hybridized carbons (Fsp3) is 0.200. The summed E-state index contributed by atoms with van der Waals surface area (Å²) >= 11 is 0. The van der Waals surface area contributed by atoms with Crippen molar-refractivity contribution in [1.29, 1.82) is 0 Å². The van der Waals surface area contributed by atoms with E-state index in [0.717, 1.165) is 5.56 Å². The molecule has 0 unspecified atom stereocenters. The SMILES string of the molecule is COCc1ncc(C(=O)c2ccc(C)cc2)c(C(=O)O)n1. The lowest BCUT2D eigenvalue weighted by Crippen LogP contribution is -2.15. The van der Waals surface area contributed by atoms with Crippen LogP contribution in [0.1, 0.15) is 37.8 Å². The summed E-state index contributed by atoms with van der Waals surface area (Å²) in [7, 11) is 1.45. The molecule has 2 rings (SSSR count). The first kappa shape index (κ1) is 14.8. The van der Waals surface area contributed by atoms with Gasteiger partial charge in [0.2, 0.25) is 0 Å². The van der Waals surface area contributed by atoms with Crippen molar-refractivity contribution in [3.63, 3.8) is 0 Å². The first-order valence-corrected chi connectivity index (χ1v) is 6.22. The molecule has 6 nitrogen and oxygen atoms in total. The number of aromatic nitrogens is 2. The van der Waals surface area contributed by atoms with Gasteiger partial charge in [0, 0.05) is 18.9 Å². The van der Waals surface area contributed by atoms with Crippen LogP contribution in [-0.2, 0) is 11.3 Å².